The SMILES string of the molecule is COc1ccc([C@@H](NC(=O)c2cnc(C3CC3)nc2)C2CC2)cc1. The van der Waals surface area contributed by atoms with E-state index in [1.54, 1.807) is 19.5 Å². The summed E-state index contributed by atoms with van der Waals surface area (Å²) >= 11 is 0. The minimum absolute atomic E-state index is 0.0338. The Morgan fingerprint density at radius 1 is 1.12 bits per heavy atom. The van der Waals surface area contributed by atoms with Crippen molar-refractivity contribution in [3.8, 4) is 5.75 Å². The van der Waals surface area contributed by atoms with Gasteiger partial charge in [0.1, 0.15) is 11.6 Å². The largest absolute Gasteiger partial charge is 0.497 e. The zero-order valence-corrected chi connectivity index (χ0v) is 13.7. The molecule has 1 atom stereocenters. The summed E-state index contributed by atoms with van der Waals surface area (Å²) in [7, 11) is 1.65. The molecule has 2 aliphatic carbocycles. The fraction of sp³-hybridized carbons (Fsp3) is 0.421. The number of carbonyl (C=O) groups excluding carboxylic acids is 1. The van der Waals surface area contributed by atoms with Crippen LogP contribution in [0.1, 0.15) is 59.4 Å². The molecule has 1 aromatic carbocycles. The molecule has 2 saturated carbocycles. The van der Waals surface area contributed by atoms with Crippen LogP contribution in [0.3, 0.4) is 0 Å². The van der Waals surface area contributed by atoms with Crippen LogP contribution in [0.25, 0.3) is 0 Å². The Morgan fingerprint density at radius 2 is 1.79 bits per heavy atom. The number of hydrogen-bond acceptors (Lipinski definition) is 4. The molecule has 2 aliphatic rings. The third-order valence-electron chi connectivity index (χ3n) is 4.73. The Bertz CT molecular complexity index is 719. The zero-order valence-electron chi connectivity index (χ0n) is 13.7. The fourth-order valence-corrected chi connectivity index (χ4v) is 2.95. The third kappa shape index (κ3) is 3.25. The van der Waals surface area contributed by atoms with E-state index in [0.29, 0.717) is 17.4 Å². The second kappa shape index (κ2) is 6.23. The van der Waals surface area contributed by atoms with Crippen LogP contribution in [0.2, 0.25) is 0 Å². The number of ether oxygens (including phenoxy) is 1. The maximum atomic E-state index is 12.6. The Morgan fingerprint density at radius 3 is 2.33 bits per heavy atom. The average molecular weight is 323 g/mol. The molecule has 4 rings (SSSR count). The highest BCUT2D eigenvalue weighted by atomic mass is 16.5. The first-order valence-electron chi connectivity index (χ1n) is 8.51. The molecular weight excluding hydrogens is 302 g/mol. The van der Waals surface area contributed by atoms with Crippen LogP contribution in [0.4, 0.5) is 0 Å². The van der Waals surface area contributed by atoms with Crippen LogP contribution in [0.5, 0.6) is 5.75 Å². The summed E-state index contributed by atoms with van der Waals surface area (Å²) in [6.07, 6.45) is 7.91. The van der Waals surface area contributed by atoms with E-state index in [1.807, 2.05) is 24.3 Å². The zero-order chi connectivity index (χ0) is 16.5. The summed E-state index contributed by atoms with van der Waals surface area (Å²) in [4.78, 5) is 21.2. The van der Waals surface area contributed by atoms with E-state index in [-0.39, 0.29) is 11.9 Å². The Hall–Kier alpha value is -2.43. The second-order valence-electron chi connectivity index (χ2n) is 6.67. The number of rotatable bonds is 6. The molecule has 2 aromatic rings. The van der Waals surface area contributed by atoms with Crippen molar-refractivity contribution < 1.29 is 9.53 Å². The molecular formula is C19H21N3O2. The van der Waals surface area contributed by atoms with E-state index in [4.69, 9.17) is 4.74 Å². The van der Waals surface area contributed by atoms with Gasteiger partial charge in [-0.15, -0.1) is 0 Å². The van der Waals surface area contributed by atoms with Gasteiger partial charge in [-0.3, -0.25) is 4.79 Å². The lowest BCUT2D eigenvalue weighted by molar-refractivity contribution is 0.0931. The summed E-state index contributed by atoms with van der Waals surface area (Å²) in [5.41, 5.74) is 1.64. The van der Waals surface area contributed by atoms with E-state index in [1.165, 1.54) is 0 Å². The lowest BCUT2D eigenvalue weighted by Gasteiger charge is -2.19. The first kappa shape index (κ1) is 15.1. The molecule has 1 amide bonds. The highest BCUT2D eigenvalue weighted by Gasteiger charge is 2.34. The molecule has 24 heavy (non-hydrogen) atoms. The predicted octanol–water partition coefficient (Wildman–Crippen LogP) is 3.24. The first-order valence-corrected chi connectivity index (χ1v) is 8.51. The maximum absolute atomic E-state index is 12.6. The highest BCUT2D eigenvalue weighted by Crippen LogP contribution is 2.41. The summed E-state index contributed by atoms with van der Waals surface area (Å²) in [6, 6.07) is 7.95. The van der Waals surface area contributed by atoms with Gasteiger partial charge in [-0.05, 0) is 49.3 Å². The number of aromatic nitrogens is 2. The molecule has 0 radical (unpaired) electrons. The molecule has 1 aromatic heterocycles. The van der Waals surface area contributed by atoms with Crippen molar-refractivity contribution >= 4 is 5.91 Å². The lowest BCUT2D eigenvalue weighted by Crippen LogP contribution is -2.30. The van der Waals surface area contributed by atoms with Gasteiger partial charge in [0.25, 0.3) is 5.91 Å². The van der Waals surface area contributed by atoms with Crippen molar-refractivity contribution in [1.29, 1.82) is 0 Å². The molecule has 0 aliphatic heterocycles. The number of methoxy groups -OCH3 is 1. The van der Waals surface area contributed by atoms with Crippen molar-refractivity contribution in [2.75, 3.05) is 7.11 Å². The molecule has 0 unspecified atom stereocenters. The summed E-state index contributed by atoms with van der Waals surface area (Å²) < 4.78 is 5.21. The maximum Gasteiger partial charge on any atom is 0.254 e. The topological polar surface area (TPSA) is 64.1 Å². The van der Waals surface area contributed by atoms with Gasteiger partial charge in [0.05, 0.1) is 18.7 Å². The summed E-state index contributed by atoms with van der Waals surface area (Å²) in [6.45, 7) is 0. The van der Waals surface area contributed by atoms with Crippen LogP contribution in [0, 0.1) is 5.92 Å². The number of amides is 1. The minimum atomic E-state index is -0.106. The summed E-state index contributed by atoms with van der Waals surface area (Å²) in [5.74, 6) is 2.59. The van der Waals surface area contributed by atoms with Gasteiger partial charge < -0.3 is 10.1 Å². The van der Waals surface area contributed by atoms with E-state index in [2.05, 4.69) is 15.3 Å². The van der Waals surface area contributed by atoms with E-state index >= 15 is 0 Å². The minimum Gasteiger partial charge on any atom is -0.497 e. The van der Waals surface area contributed by atoms with Crippen molar-refractivity contribution in [2.45, 2.75) is 37.6 Å². The molecule has 2 fully saturated rings. The Kier molecular flexibility index (Phi) is 3.92. The molecule has 0 bridgehead atoms. The fourth-order valence-electron chi connectivity index (χ4n) is 2.95. The average Bonchev–Trinajstić information content (AvgIpc) is 3.51. The van der Waals surface area contributed by atoms with Crippen LogP contribution in [-0.2, 0) is 0 Å². The van der Waals surface area contributed by atoms with Crippen LogP contribution < -0.4 is 10.1 Å². The molecule has 0 saturated heterocycles. The normalized spacial score (nSPS) is 18.0. The van der Waals surface area contributed by atoms with Crippen molar-refractivity contribution in [1.82, 2.24) is 15.3 Å². The van der Waals surface area contributed by atoms with Crippen LogP contribution in [-0.4, -0.2) is 23.0 Å². The number of nitrogens with one attached hydrogen (secondary N) is 1. The highest BCUT2D eigenvalue weighted by molar-refractivity contribution is 5.93. The second-order valence-corrected chi connectivity index (χ2v) is 6.67. The van der Waals surface area contributed by atoms with Gasteiger partial charge in [-0.25, -0.2) is 9.97 Å². The van der Waals surface area contributed by atoms with Gasteiger partial charge in [0.15, 0.2) is 0 Å². The number of benzene rings is 1. The molecule has 5 heteroatoms. The molecule has 1 N–H and O–H groups in total. The number of nitrogens with zero attached hydrogens (tertiary/aromatic N) is 2. The lowest BCUT2D eigenvalue weighted by atomic mass is 10.0. The standard InChI is InChI=1S/C19H21N3O2/c1-24-16-8-6-13(7-9-16)17(12-2-3-12)22-19(23)15-10-20-18(21-11-15)14-4-5-14/h6-12,14,17H,2-5H2,1H3,(H,22,23)/t17-/m0/s1. The smallest absolute Gasteiger partial charge is 0.254 e. The van der Waals surface area contributed by atoms with Gasteiger partial charge in [-0.2, -0.15) is 0 Å². The Balaban J connectivity index is 1.48. The first-order chi connectivity index (χ1) is 11.7. The van der Waals surface area contributed by atoms with Crippen molar-refractivity contribution in [2.24, 2.45) is 5.92 Å². The number of carbonyl (C=O) groups is 1. The summed E-state index contributed by atoms with van der Waals surface area (Å²) in [5, 5.41) is 3.15. The van der Waals surface area contributed by atoms with E-state index < -0.39 is 0 Å². The van der Waals surface area contributed by atoms with Crippen molar-refractivity contribution in [3.05, 3.63) is 53.6 Å². The molecule has 0 spiro atoms. The third-order valence-corrected chi connectivity index (χ3v) is 4.73. The van der Waals surface area contributed by atoms with Crippen LogP contribution in [0.15, 0.2) is 36.7 Å². The molecule has 5 nitrogen and oxygen atoms in total. The van der Waals surface area contributed by atoms with Crippen LogP contribution >= 0.6 is 0 Å². The Labute approximate surface area is 141 Å². The number of hydrogen-bond donors (Lipinski definition) is 1. The van der Waals surface area contributed by atoms with Gasteiger partial charge >= 0.3 is 0 Å². The predicted molar refractivity (Wildman–Crippen MR) is 89.9 cm³/mol. The monoisotopic (exact) mass is 323 g/mol. The van der Waals surface area contributed by atoms with Gasteiger partial charge in [0.2, 0.25) is 0 Å². The van der Waals surface area contributed by atoms with E-state index in [0.717, 1.165) is 42.8 Å². The quantitative estimate of drug-likeness (QED) is 0.886. The molecule has 1 heterocycles. The van der Waals surface area contributed by atoms with Gasteiger partial charge in [0, 0.05) is 18.3 Å². The van der Waals surface area contributed by atoms with E-state index in [9.17, 15) is 4.79 Å². The molecule has 124 valence electrons. The van der Waals surface area contributed by atoms with Crippen molar-refractivity contribution in [3.63, 3.8) is 0 Å². The van der Waals surface area contributed by atoms with Gasteiger partial charge in [-0.1, -0.05) is 12.1 Å².